The van der Waals surface area contributed by atoms with Crippen LogP contribution in [0, 0.1) is 16.1 Å². The molecule has 4 rings (SSSR count). The number of nitrogens with one attached hydrogen (secondary N) is 2. The first kappa shape index (κ1) is 18.8. The van der Waals surface area contributed by atoms with Crippen LogP contribution in [0.2, 0.25) is 0 Å². The third-order valence-corrected chi connectivity index (χ3v) is 5.52. The van der Waals surface area contributed by atoms with Crippen molar-refractivity contribution in [2.75, 3.05) is 5.32 Å². The van der Waals surface area contributed by atoms with Crippen molar-refractivity contribution < 1.29 is 4.79 Å². The van der Waals surface area contributed by atoms with E-state index >= 15 is 0 Å². The number of hydrogen-bond acceptors (Lipinski definition) is 5. The fourth-order valence-electron chi connectivity index (χ4n) is 2.81. The molecule has 0 aliphatic carbocycles. The van der Waals surface area contributed by atoms with Gasteiger partial charge >= 0.3 is 0 Å². The zero-order valence-corrected chi connectivity index (χ0v) is 16.8. The summed E-state index contributed by atoms with van der Waals surface area (Å²) in [5.41, 5.74) is 3.15. The SMILES string of the molecule is N#Cc1ccc(Cc2cnc(NC(=O)c3ccc(-n4cc[nH]c4=S)cc3)s2)cc1. The van der Waals surface area contributed by atoms with E-state index in [1.807, 2.05) is 35.0 Å². The molecular formula is C21H15N5OS2. The van der Waals surface area contributed by atoms with E-state index in [0.717, 1.165) is 16.1 Å². The third kappa shape index (κ3) is 4.32. The molecule has 0 aliphatic heterocycles. The number of rotatable bonds is 5. The Labute approximate surface area is 176 Å². The highest BCUT2D eigenvalue weighted by Gasteiger charge is 2.10. The molecule has 0 aliphatic rings. The van der Waals surface area contributed by atoms with Gasteiger partial charge in [0.25, 0.3) is 5.91 Å². The number of amides is 1. The maximum atomic E-state index is 12.5. The Bertz CT molecular complexity index is 1240. The third-order valence-electron chi connectivity index (χ3n) is 4.29. The summed E-state index contributed by atoms with van der Waals surface area (Å²) in [6, 6.07) is 16.7. The number of benzene rings is 2. The molecule has 2 heterocycles. The summed E-state index contributed by atoms with van der Waals surface area (Å²) in [6.45, 7) is 0. The minimum absolute atomic E-state index is 0.214. The Kier molecular flexibility index (Phi) is 5.33. The van der Waals surface area contributed by atoms with Gasteiger partial charge in [0.15, 0.2) is 9.90 Å². The Morgan fingerprint density at radius 3 is 2.62 bits per heavy atom. The van der Waals surface area contributed by atoms with E-state index in [0.29, 0.717) is 27.5 Å². The molecule has 0 atom stereocenters. The molecule has 29 heavy (non-hydrogen) atoms. The number of H-pyrrole nitrogens is 1. The highest BCUT2D eigenvalue weighted by molar-refractivity contribution is 7.71. The lowest BCUT2D eigenvalue weighted by Crippen LogP contribution is -2.11. The topological polar surface area (TPSA) is 86.5 Å². The number of aromatic amines is 1. The molecule has 0 radical (unpaired) electrons. The smallest absolute Gasteiger partial charge is 0.257 e. The molecule has 2 N–H and O–H groups in total. The van der Waals surface area contributed by atoms with E-state index < -0.39 is 0 Å². The first-order valence-electron chi connectivity index (χ1n) is 8.74. The Hall–Kier alpha value is -3.54. The standard InChI is InChI=1S/C21H15N5OS2/c22-12-15-3-1-14(2-4-15)11-18-13-24-20(29-18)25-19(27)16-5-7-17(8-6-16)26-10-9-23-21(26)28/h1-10,13H,11H2,(H,23,28)(H,24,25,27). The van der Waals surface area contributed by atoms with Crippen LogP contribution in [0.4, 0.5) is 5.13 Å². The molecule has 0 bridgehead atoms. The Morgan fingerprint density at radius 2 is 1.97 bits per heavy atom. The lowest BCUT2D eigenvalue weighted by atomic mass is 10.1. The molecular weight excluding hydrogens is 402 g/mol. The van der Waals surface area contributed by atoms with E-state index in [4.69, 9.17) is 17.5 Å². The molecule has 6 nitrogen and oxygen atoms in total. The van der Waals surface area contributed by atoms with Crippen LogP contribution >= 0.6 is 23.6 Å². The molecule has 2 aromatic carbocycles. The van der Waals surface area contributed by atoms with Crippen LogP contribution in [0.3, 0.4) is 0 Å². The fourth-order valence-corrected chi connectivity index (χ4v) is 3.89. The molecule has 2 aromatic heterocycles. The van der Waals surface area contributed by atoms with Crippen LogP contribution in [0.25, 0.3) is 5.69 Å². The van der Waals surface area contributed by atoms with Crippen LogP contribution in [-0.2, 0) is 6.42 Å². The number of nitriles is 1. The number of aromatic nitrogens is 3. The summed E-state index contributed by atoms with van der Waals surface area (Å²) in [4.78, 5) is 20.8. The van der Waals surface area contributed by atoms with Crippen molar-refractivity contribution in [3.8, 4) is 11.8 Å². The lowest BCUT2D eigenvalue weighted by Gasteiger charge is -2.05. The van der Waals surface area contributed by atoms with Crippen molar-refractivity contribution in [2.24, 2.45) is 0 Å². The number of anilines is 1. The maximum absolute atomic E-state index is 12.5. The van der Waals surface area contributed by atoms with Crippen molar-refractivity contribution in [3.63, 3.8) is 0 Å². The van der Waals surface area contributed by atoms with Gasteiger partial charge in [-0.15, -0.1) is 11.3 Å². The average molecular weight is 418 g/mol. The van der Waals surface area contributed by atoms with Crippen LogP contribution in [0.5, 0.6) is 0 Å². The molecule has 1 amide bonds. The Morgan fingerprint density at radius 1 is 1.21 bits per heavy atom. The Balaban J connectivity index is 1.41. The summed E-state index contributed by atoms with van der Waals surface area (Å²) in [5.74, 6) is -0.214. The summed E-state index contributed by atoms with van der Waals surface area (Å²) in [7, 11) is 0. The summed E-state index contributed by atoms with van der Waals surface area (Å²) in [6.07, 6.45) is 6.06. The van der Waals surface area contributed by atoms with Gasteiger partial charge in [-0.3, -0.25) is 14.7 Å². The quantitative estimate of drug-likeness (QED) is 0.461. The molecule has 0 fully saturated rings. The van der Waals surface area contributed by atoms with E-state index in [1.165, 1.54) is 11.3 Å². The van der Waals surface area contributed by atoms with E-state index in [9.17, 15) is 4.79 Å². The highest BCUT2D eigenvalue weighted by Crippen LogP contribution is 2.22. The summed E-state index contributed by atoms with van der Waals surface area (Å²) >= 11 is 6.64. The van der Waals surface area contributed by atoms with Gasteiger partial charge < -0.3 is 4.98 Å². The van der Waals surface area contributed by atoms with Crippen LogP contribution < -0.4 is 5.32 Å². The van der Waals surface area contributed by atoms with E-state index in [-0.39, 0.29) is 5.91 Å². The minimum atomic E-state index is -0.214. The second-order valence-corrected chi connectivity index (χ2v) is 7.76. The van der Waals surface area contributed by atoms with Gasteiger partial charge in [-0.25, -0.2) is 4.98 Å². The van der Waals surface area contributed by atoms with Crippen molar-refractivity contribution in [1.82, 2.24) is 14.5 Å². The second-order valence-electron chi connectivity index (χ2n) is 6.25. The molecule has 0 unspecified atom stereocenters. The van der Waals surface area contributed by atoms with Gasteiger partial charge in [-0.1, -0.05) is 12.1 Å². The molecule has 0 saturated heterocycles. The number of thiazole rings is 1. The van der Waals surface area contributed by atoms with Crippen molar-refractivity contribution in [2.45, 2.75) is 6.42 Å². The van der Waals surface area contributed by atoms with E-state index in [1.54, 1.807) is 36.7 Å². The monoisotopic (exact) mass is 417 g/mol. The number of nitrogens with zero attached hydrogens (tertiary/aromatic N) is 3. The normalized spacial score (nSPS) is 10.4. The van der Waals surface area contributed by atoms with Crippen LogP contribution in [0.1, 0.15) is 26.4 Å². The predicted octanol–water partition coefficient (Wildman–Crippen LogP) is 4.71. The molecule has 8 heteroatoms. The first-order valence-corrected chi connectivity index (χ1v) is 9.96. The van der Waals surface area contributed by atoms with Crippen molar-refractivity contribution in [1.29, 1.82) is 5.26 Å². The number of imidazole rings is 1. The van der Waals surface area contributed by atoms with Crippen LogP contribution in [-0.4, -0.2) is 20.4 Å². The van der Waals surface area contributed by atoms with Crippen molar-refractivity contribution in [3.05, 3.63) is 93.5 Å². The number of carbonyl (C=O) groups is 1. The van der Waals surface area contributed by atoms with Gasteiger partial charge in [0.2, 0.25) is 0 Å². The van der Waals surface area contributed by atoms with Gasteiger partial charge in [-0.2, -0.15) is 5.26 Å². The number of carbonyl (C=O) groups excluding carboxylic acids is 1. The van der Waals surface area contributed by atoms with E-state index in [2.05, 4.69) is 21.4 Å². The van der Waals surface area contributed by atoms with Crippen LogP contribution in [0.15, 0.2) is 67.1 Å². The van der Waals surface area contributed by atoms with Gasteiger partial charge in [-0.05, 0) is 54.2 Å². The molecule has 142 valence electrons. The zero-order valence-electron chi connectivity index (χ0n) is 15.1. The largest absolute Gasteiger partial charge is 0.337 e. The summed E-state index contributed by atoms with van der Waals surface area (Å²) in [5, 5.41) is 12.3. The van der Waals surface area contributed by atoms with Gasteiger partial charge in [0, 0.05) is 41.1 Å². The summed E-state index contributed by atoms with van der Waals surface area (Å²) < 4.78 is 2.42. The molecule has 0 spiro atoms. The zero-order chi connectivity index (χ0) is 20.2. The van der Waals surface area contributed by atoms with Gasteiger partial charge in [0.05, 0.1) is 11.6 Å². The molecule has 0 saturated carbocycles. The molecule has 4 aromatic rings. The predicted molar refractivity (Wildman–Crippen MR) is 115 cm³/mol. The first-order chi connectivity index (χ1) is 14.1. The fraction of sp³-hybridized carbons (Fsp3) is 0.0476. The highest BCUT2D eigenvalue weighted by atomic mass is 32.1. The lowest BCUT2D eigenvalue weighted by molar-refractivity contribution is 0.102. The second kappa shape index (κ2) is 8.22. The average Bonchev–Trinajstić information content (AvgIpc) is 3.37. The number of hydrogen-bond donors (Lipinski definition) is 2. The van der Waals surface area contributed by atoms with Crippen molar-refractivity contribution >= 4 is 34.6 Å². The van der Waals surface area contributed by atoms with Gasteiger partial charge in [0.1, 0.15) is 0 Å². The maximum Gasteiger partial charge on any atom is 0.257 e. The minimum Gasteiger partial charge on any atom is -0.337 e.